The van der Waals surface area contributed by atoms with Gasteiger partial charge in [-0.25, -0.2) is 8.42 Å². The van der Waals surface area contributed by atoms with Crippen molar-refractivity contribution in [2.75, 3.05) is 23.4 Å². The van der Waals surface area contributed by atoms with Gasteiger partial charge < -0.3 is 10.6 Å². The lowest BCUT2D eigenvalue weighted by Gasteiger charge is -2.09. The average molecular weight is 297 g/mol. The third-order valence-electron chi connectivity index (χ3n) is 3.69. The number of sulfone groups is 1. The Balaban J connectivity index is 1.82. The van der Waals surface area contributed by atoms with Crippen molar-refractivity contribution >= 4 is 21.4 Å². The van der Waals surface area contributed by atoms with Crippen LogP contribution in [0.4, 0.5) is 5.69 Å². The van der Waals surface area contributed by atoms with Crippen molar-refractivity contribution in [2.45, 2.75) is 26.3 Å². The van der Waals surface area contributed by atoms with Crippen molar-refractivity contribution in [3.8, 4) is 0 Å². The van der Waals surface area contributed by atoms with E-state index in [1.54, 1.807) is 0 Å². The topological polar surface area (TPSA) is 79.8 Å². The van der Waals surface area contributed by atoms with Gasteiger partial charge in [0.15, 0.2) is 16.4 Å². The number of anilines is 1. The molecular weight excluding hydrogens is 276 g/mol. The van der Waals surface area contributed by atoms with E-state index in [4.69, 9.17) is 0 Å². The zero-order valence-electron chi connectivity index (χ0n) is 11.8. The van der Waals surface area contributed by atoms with Gasteiger partial charge >= 0.3 is 0 Å². The number of carbonyl (C=O) groups excluding carboxylic acids is 1. The minimum Gasteiger partial charge on any atom is -0.335 e. The van der Waals surface area contributed by atoms with Crippen molar-refractivity contribution in [1.82, 2.24) is 0 Å². The van der Waals surface area contributed by atoms with Gasteiger partial charge in [0.1, 0.15) is 11.8 Å². The molecule has 1 aliphatic heterocycles. The maximum absolute atomic E-state index is 11.8. The average Bonchev–Trinajstić information content (AvgIpc) is 2.71. The van der Waals surface area contributed by atoms with Crippen LogP contribution in [0.5, 0.6) is 0 Å². The van der Waals surface area contributed by atoms with Gasteiger partial charge in [0.05, 0.1) is 5.75 Å². The quantitative estimate of drug-likeness (QED) is 0.820. The lowest BCUT2D eigenvalue weighted by molar-refractivity contribution is -0.673. The molecular formula is C14H21N2O3S+. The monoisotopic (exact) mass is 297 g/mol. The molecule has 3 N–H and O–H groups in total. The molecule has 0 aliphatic carbocycles. The van der Waals surface area contributed by atoms with Crippen LogP contribution in [0, 0.1) is 13.8 Å². The number of hydrogen-bond acceptors (Lipinski definition) is 3. The summed E-state index contributed by atoms with van der Waals surface area (Å²) in [5.74, 6) is 0.328. The van der Waals surface area contributed by atoms with E-state index >= 15 is 0 Å². The molecule has 0 aromatic heterocycles. The Morgan fingerprint density at radius 3 is 2.70 bits per heavy atom. The molecule has 1 aromatic rings. The van der Waals surface area contributed by atoms with E-state index in [0.717, 1.165) is 11.3 Å². The summed E-state index contributed by atoms with van der Waals surface area (Å²) in [5, 5.41) is 4.66. The maximum atomic E-state index is 11.8. The molecule has 6 heteroatoms. The van der Waals surface area contributed by atoms with Crippen LogP contribution in [0.1, 0.15) is 17.5 Å². The number of nitrogens with one attached hydrogen (secondary N) is 1. The molecule has 0 bridgehead atoms. The second kappa shape index (κ2) is 5.93. The van der Waals surface area contributed by atoms with E-state index in [1.165, 1.54) is 5.56 Å². The second-order valence-corrected chi connectivity index (χ2v) is 7.68. The highest BCUT2D eigenvalue weighted by atomic mass is 32.2. The predicted molar refractivity (Wildman–Crippen MR) is 78.4 cm³/mol. The molecule has 5 nitrogen and oxygen atoms in total. The summed E-state index contributed by atoms with van der Waals surface area (Å²) in [6.45, 7) is 4.28. The first-order valence-corrected chi connectivity index (χ1v) is 8.59. The Kier molecular flexibility index (Phi) is 4.45. The first-order valence-electron chi connectivity index (χ1n) is 6.76. The van der Waals surface area contributed by atoms with E-state index in [1.807, 2.05) is 37.4 Å². The van der Waals surface area contributed by atoms with Gasteiger partial charge in [-0.1, -0.05) is 6.07 Å². The highest BCUT2D eigenvalue weighted by molar-refractivity contribution is 7.91. The lowest BCUT2D eigenvalue weighted by Crippen LogP contribution is -2.92. The molecule has 0 radical (unpaired) electrons. The highest BCUT2D eigenvalue weighted by Gasteiger charge is 2.30. The van der Waals surface area contributed by atoms with Gasteiger partial charge in [0.2, 0.25) is 0 Å². The number of amides is 1. The Morgan fingerprint density at radius 1 is 1.35 bits per heavy atom. The zero-order valence-corrected chi connectivity index (χ0v) is 12.7. The van der Waals surface area contributed by atoms with Crippen LogP contribution < -0.4 is 10.6 Å². The van der Waals surface area contributed by atoms with Crippen molar-refractivity contribution in [2.24, 2.45) is 0 Å². The Bertz CT molecular complexity index is 611. The minimum atomic E-state index is -2.88. The largest absolute Gasteiger partial charge is 0.335 e. The molecule has 2 rings (SSSR count). The number of aryl methyl sites for hydroxylation is 2. The van der Waals surface area contributed by atoms with Crippen molar-refractivity contribution < 1.29 is 18.5 Å². The summed E-state index contributed by atoms with van der Waals surface area (Å²) in [5.41, 5.74) is 3.10. The molecule has 1 amide bonds. The van der Waals surface area contributed by atoms with Crippen molar-refractivity contribution in [3.05, 3.63) is 29.3 Å². The summed E-state index contributed by atoms with van der Waals surface area (Å²) in [6.07, 6.45) is 0.638. The molecule has 1 aromatic carbocycles. The fourth-order valence-corrected chi connectivity index (χ4v) is 4.10. The van der Waals surface area contributed by atoms with Crippen molar-refractivity contribution in [3.63, 3.8) is 0 Å². The van der Waals surface area contributed by atoms with Gasteiger partial charge in [-0.2, -0.15) is 0 Å². The highest BCUT2D eigenvalue weighted by Crippen LogP contribution is 2.13. The number of hydrogen-bond donors (Lipinski definition) is 2. The summed E-state index contributed by atoms with van der Waals surface area (Å²) in [7, 11) is -2.88. The number of rotatable bonds is 4. The number of carbonyl (C=O) groups is 1. The molecule has 0 unspecified atom stereocenters. The fourth-order valence-electron chi connectivity index (χ4n) is 2.31. The molecule has 20 heavy (non-hydrogen) atoms. The Hall–Kier alpha value is -1.40. The molecule has 1 atom stereocenters. The van der Waals surface area contributed by atoms with Crippen LogP contribution in [-0.4, -0.2) is 38.4 Å². The second-order valence-electron chi connectivity index (χ2n) is 5.45. The van der Waals surface area contributed by atoms with E-state index in [9.17, 15) is 13.2 Å². The van der Waals surface area contributed by atoms with Gasteiger partial charge in [-0.15, -0.1) is 0 Å². The SMILES string of the molecule is Cc1ccc(NC(=O)C[NH2+][C@@H]2CCS(=O)(=O)C2)cc1C. The predicted octanol–water partition coefficient (Wildman–Crippen LogP) is -0.00756. The molecule has 1 fully saturated rings. The first-order chi connectivity index (χ1) is 9.35. The van der Waals surface area contributed by atoms with Gasteiger partial charge in [0, 0.05) is 12.1 Å². The van der Waals surface area contributed by atoms with Gasteiger partial charge in [-0.3, -0.25) is 4.79 Å². The molecule has 110 valence electrons. The molecule has 1 heterocycles. The first kappa shape index (κ1) is 15.0. The van der Waals surface area contributed by atoms with Gasteiger partial charge in [0.25, 0.3) is 5.91 Å². The maximum Gasteiger partial charge on any atom is 0.279 e. The summed E-state index contributed by atoms with van der Waals surface area (Å²) < 4.78 is 22.7. The number of benzene rings is 1. The molecule has 0 spiro atoms. The minimum absolute atomic E-state index is 0.0190. The molecule has 0 saturated carbocycles. The van der Waals surface area contributed by atoms with Crippen LogP contribution in [0.3, 0.4) is 0 Å². The van der Waals surface area contributed by atoms with E-state index < -0.39 is 9.84 Å². The number of nitrogens with two attached hydrogens (primary N) is 1. The normalized spacial score (nSPS) is 20.8. The van der Waals surface area contributed by atoms with Crippen LogP contribution in [-0.2, 0) is 14.6 Å². The summed E-state index contributed by atoms with van der Waals surface area (Å²) in [4.78, 5) is 11.8. The lowest BCUT2D eigenvalue weighted by atomic mass is 10.1. The summed E-state index contributed by atoms with van der Waals surface area (Å²) in [6, 6.07) is 5.80. The van der Waals surface area contributed by atoms with E-state index in [-0.39, 0.29) is 30.0 Å². The fraction of sp³-hybridized carbons (Fsp3) is 0.500. The summed E-state index contributed by atoms with van der Waals surface area (Å²) >= 11 is 0. The van der Waals surface area contributed by atoms with E-state index in [0.29, 0.717) is 6.42 Å². The third-order valence-corrected chi connectivity index (χ3v) is 5.49. The Labute approximate surface area is 119 Å². The third kappa shape index (κ3) is 4.05. The smallest absolute Gasteiger partial charge is 0.279 e. The molecule has 1 aliphatic rings. The standard InChI is InChI=1S/C14H20N2O3S/c1-10-3-4-12(7-11(10)2)16-14(17)8-15-13-5-6-20(18,19)9-13/h3-4,7,13,15H,5-6,8-9H2,1-2H3,(H,16,17)/p+1/t13-/m1/s1. The molecule has 1 saturated heterocycles. The van der Waals surface area contributed by atoms with E-state index in [2.05, 4.69) is 5.32 Å². The van der Waals surface area contributed by atoms with Crippen LogP contribution in [0.25, 0.3) is 0 Å². The van der Waals surface area contributed by atoms with Crippen LogP contribution >= 0.6 is 0 Å². The van der Waals surface area contributed by atoms with Gasteiger partial charge in [-0.05, 0) is 37.1 Å². The van der Waals surface area contributed by atoms with Crippen LogP contribution in [0.2, 0.25) is 0 Å². The Morgan fingerprint density at radius 2 is 2.10 bits per heavy atom. The van der Waals surface area contributed by atoms with Crippen molar-refractivity contribution in [1.29, 1.82) is 0 Å². The van der Waals surface area contributed by atoms with Crippen LogP contribution in [0.15, 0.2) is 18.2 Å². The zero-order chi connectivity index (χ0) is 14.8. The number of quaternary nitrogens is 1.